The lowest BCUT2D eigenvalue weighted by Gasteiger charge is -2.30. The van der Waals surface area contributed by atoms with Crippen molar-refractivity contribution in [2.24, 2.45) is 11.3 Å². The van der Waals surface area contributed by atoms with Gasteiger partial charge in [-0.2, -0.15) is 0 Å². The van der Waals surface area contributed by atoms with Crippen molar-refractivity contribution in [3.63, 3.8) is 0 Å². The molecule has 1 aliphatic rings. The average molecular weight is 285 g/mol. The fraction of sp³-hybridized carbons (Fsp3) is 0.857. The van der Waals surface area contributed by atoms with Crippen molar-refractivity contribution in [2.75, 3.05) is 40.3 Å². The fourth-order valence-electron chi connectivity index (χ4n) is 2.33. The normalized spacial score (nSPS) is 15.2. The van der Waals surface area contributed by atoms with Gasteiger partial charge < -0.3 is 20.2 Å². The highest BCUT2D eigenvalue weighted by Crippen LogP contribution is 2.29. The van der Waals surface area contributed by atoms with Gasteiger partial charge >= 0.3 is 12.0 Å². The molecular weight excluding hydrogens is 258 g/mol. The molecule has 0 aromatic rings. The van der Waals surface area contributed by atoms with E-state index in [1.54, 1.807) is 0 Å². The van der Waals surface area contributed by atoms with Crippen molar-refractivity contribution in [2.45, 2.75) is 26.7 Å². The summed E-state index contributed by atoms with van der Waals surface area (Å²) in [5.41, 5.74) is -0.0480. The van der Waals surface area contributed by atoms with E-state index in [-0.39, 0.29) is 18.0 Å². The van der Waals surface area contributed by atoms with Crippen molar-refractivity contribution < 1.29 is 14.7 Å². The zero-order chi connectivity index (χ0) is 15.3. The van der Waals surface area contributed by atoms with Crippen LogP contribution in [0.1, 0.15) is 26.7 Å². The average Bonchev–Trinajstić information content (AvgIpc) is 3.06. The van der Waals surface area contributed by atoms with Gasteiger partial charge in [-0.05, 0) is 38.3 Å². The first-order valence-corrected chi connectivity index (χ1v) is 7.09. The molecule has 0 bridgehead atoms. The molecular formula is C14H27N3O3. The van der Waals surface area contributed by atoms with E-state index in [1.165, 1.54) is 4.90 Å². The van der Waals surface area contributed by atoms with Crippen LogP contribution in [0.3, 0.4) is 0 Å². The van der Waals surface area contributed by atoms with Crippen LogP contribution in [0.5, 0.6) is 0 Å². The molecule has 2 N–H and O–H groups in total. The van der Waals surface area contributed by atoms with Crippen molar-refractivity contribution in [1.29, 1.82) is 0 Å². The molecule has 0 spiro atoms. The molecule has 0 saturated heterocycles. The summed E-state index contributed by atoms with van der Waals surface area (Å²) >= 11 is 0. The zero-order valence-electron chi connectivity index (χ0n) is 13.0. The molecule has 116 valence electrons. The van der Waals surface area contributed by atoms with E-state index in [9.17, 15) is 9.59 Å². The molecule has 1 saturated carbocycles. The lowest BCUT2D eigenvalue weighted by atomic mass is 9.93. The Bertz CT molecular complexity index is 352. The second-order valence-electron chi connectivity index (χ2n) is 6.78. The Labute approximate surface area is 121 Å². The first-order chi connectivity index (χ1) is 9.19. The molecule has 20 heavy (non-hydrogen) atoms. The molecule has 2 amide bonds. The van der Waals surface area contributed by atoms with Crippen LogP contribution in [0.25, 0.3) is 0 Å². The number of carboxylic acids is 1. The maximum Gasteiger partial charge on any atom is 0.323 e. The van der Waals surface area contributed by atoms with Crippen LogP contribution in [0, 0.1) is 11.3 Å². The molecule has 6 heteroatoms. The van der Waals surface area contributed by atoms with E-state index >= 15 is 0 Å². The van der Waals surface area contributed by atoms with Gasteiger partial charge in [-0.1, -0.05) is 13.8 Å². The topological polar surface area (TPSA) is 72.9 Å². The third-order valence-corrected chi connectivity index (χ3v) is 3.25. The lowest BCUT2D eigenvalue weighted by Crippen LogP contribution is -2.47. The first kappa shape index (κ1) is 16.8. The molecule has 0 atom stereocenters. The summed E-state index contributed by atoms with van der Waals surface area (Å²) in [7, 11) is 3.99. The summed E-state index contributed by atoms with van der Waals surface area (Å²) < 4.78 is 0. The number of urea groups is 1. The molecule has 0 heterocycles. The standard InChI is InChI=1S/C14H27N3O3/c1-14(2,10-16(3)4)9-15-13(20)17(8-12(18)19)7-11-5-6-11/h11H,5-10H2,1-4H3,(H,15,20)(H,18,19). The van der Waals surface area contributed by atoms with Gasteiger partial charge in [0.25, 0.3) is 0 Å². The SMILES string of the molecule is CN(C)CC(C)(C)CNC(=O)N(CC(=O)O)CC1CC1. The first-order valence-electron chi connectivity index (χ1n) is 7.09. The minimum Gasteiger partial charge on any atom is -0.480 e. The maximum absolute atomic E-state index is 12.1. The van der Waals surface area contributed by atoms with Crippen LogP contribution in [0.4, 0.5) is 4.79 Å². The van der Waals surface area contributed by atoms with Gasteiger partial charge in [0.05, 0.1) is 0 Å². The van der Waals surface area contributed by atoms with Crippen molar-refractivity contribution in [3.8, 4) is 0 Å². The molecule has 1 fully saturated rings. The molecule has 0 aromatic carbocycles. The smallest absolute Gasteiger partial charge is 0.323 e. The third kappa shape index (κ3) is 6.75. The Kier molecular flexibility index (Phi) is 5.80. The van der Waals surface area contributed by atoms with Crippen LogP contribution in [-0.4, -0.2) is 67.2 Å². The zero-order valence-corrected chi connectivity index (χ0v) is 13.0. The Hall–Kier alpha value is -1.30. The van der Waals surface area contributed by atoms with Gasteiger partial charge in [-0.15, -0.1) is 0 Å². The Morgan fingerprint density at radius 3 is 2.35 bits per heavy atom. The van der Waals surface area contributed by atoms with E-state index in [1.807, 2.05) is 14.1 Å². The number of amides is 2. The molecule has 0 radical (unpaired) electrons. The van der Waals surface area contributed by atoms with Crippen molar-refractivity contribution in [1.82, 2.24) is 15.1 Å². The lowest BCUT2D eigenvalue weighted by molar-refractivity contribution is -0.137. The number of carbonyl (C=O) groups excluding carboxylic acids is 1. The predicted octanol–water partition coefficient (Wildman–Crippen LogP) is 1.08. The van der Waals surface area contributed by atoms with Crippen molar-refractivity contribution >= 4 is 12.0 Å². The Balaban J connectivity index is 2.45. The van der Waals surface area contributed by atoms with Gasteiger partial charge in [0.2, 0.25) is 0 Å². The van der Waals surface area contributed by atoms with E-state index in [4.69, 9.17) is 5.11 Å². The molecule has 6 nitrogen and oxygen atoms in total. The number of aliphatic carboxylic acids is 1. The monoisotopic (exact) mass is 285 g/mol. The molecule has 1 aliphatic carbocycles. The number of hydrogen-bond acceptors (Lipinski definition) is 3. The number of rotatable bonds is 8. The van der Waals surface area contributed by atoms with Gasteiger partial charge in [-0.25, -0.2) is 4.79 Å². The van der Waals surface area contributed by atoms with E-state index in [0.717, 1.165) is 19.4 Å². The summed E-state index contributed by atoms with van der Waals surface area (Å²) in [5, 5.41) is 11.7. The summed E-state index contributed by atoms with van der Waals surface area (Å²) in [6.45, 7) is 5.87. The van der Waals surface area contributed by atoms with Gasteiger partial charge in [0.15, 0.2) is 0 Å². The second kappa shape index (κ2) is 6.92. The second-order valence-corrected chi connectivity index (χ2v) is 6.78. The minimum atomic E-state index is -0.964. The number of hydrogen-bond donors (Lipinski definition) is 2. The Morgan fingerprint density at radius 1 is 1.30 bits per heavy atom. The van der Waals surface area contributed by atoms with Gasteiger partial charge in [0.1, 0.15) is 6.54 Å². The highest BCUT2D eigenvalue weighted by Gasteiger charge is 2.29. The summed E-state index contributed by atoms with van der Waals surface area (Å²) in [5.74, 6) is -0.483. The quantitative estimate of drug-likeness (QED) is 0.700. The van der Waals surface area contributed by atoms with E-state index in [2.05, 4.69) is 24.1 Å². The minimum absolute atomic E-state index is 0.0480. The molecule has 0 aliphatic heterocycles. The van der Waals surface area contributed by atoms with Crippen LogP contribution in [0.15, 0.2) is 0 Å². The molecule has 0 aromatic heterocycles. The number of carboxylic acid groups (broad SMARTS) is 1. The number of carbonyl (C=O) groups is 2. The van der Waals surface area contributed by atoms with Crippen LogP contribution < -0.4 is 5.32 Å². The predicted molar refractivity (Wildman–Crippen MR) is 77.7 cm³/mol. The largest absolute Gasteiger partial charge is 0.480 e. The van der Waals surface area contributed by atoms with E-state index < -0.39 is 5.97 Å². The fourth-order valence-corrected chi connectivity index (χ4v) is 2.33. The van der Waals surface area contributed by atoms with Gasteiger partial charge in [0, 0.05) is 19.6 Å². The maximum atomic E-state index is 12.1. The number of nitrogens with one attached hydrogen (secondary N) is 1. The highest BCUT2D eigenvalue weighted by molar-refractivity contribution is 5.80. The summed E-state index contributed by atoms with van der Waals surface area (Å²) in [6.07, 6.45) is 2.19. The van der Waals surface area contributed by atoms with Crippen LogP contribution in [-0.2, 0) is 4.79 Å². The molecule has 0 unspecified atom stereocenters. The van der Waals surface area contributed by atoms with Crippen LogP contribution in [0.2, 0.25) is 0 Å². The third-order valence-electron chi connectivity index (χ3n) is 3.25. The van der Waals surface area contributed by atoms with E-state index in [0.29, 0.717) is 19.0 Å². The molecule has 1 rings (SSSR count). The Morgan fingerprint density at radius 2 is 1.90 bits per heavy atom. The highest BCUT2D eigenvalue weighted by atomic mass is 16.4. The summed E-state index contributed by atoms with van der Waals surface area (Å²) in [6, 6.07) is -0.272. The van der Waals surface area contributed by atoms with Gasteiger partial charge in [-0.3, -0.25) is 4.79 Å². The summed E-state index contributed by atoms with van der Waals surface area (Å²) in [4.78, 5) is 26.4. The van der Waals surface area contributed by atoms with Crippen molar-refractivity contribution in [3.05, 3.63) is 0 Å². The van der Waals surface area contributed by atoms with Crippen LogP contribution >= 0.6 is 0 Å². The number of nitrogens with zero attached hydrogens (tertiary/aromatic N) is 2.